The second-order valence-corrected chi connectivity index (χ2v) is 5.18. The van der Waals surface area contributed by atoms with Crippen LogP contribution in [0.3, 0.4) is 0 Å². The first-order valence-corrected chi connectivity index (χ1v) is 6.65. The fourth-order valence-electron chi connectivity index (χ4n) is 1.71. The SMILES string of the molecule is Cc1ccc(NC(=O)c2ccc([N+](=O)[O-])c(Cl)c2)c(Cl)c1. The maximum Gasteiger partial charge on any atom is 0.287 e. The van der Waals surface area contributed by atoms with Crippen LogP contribution in [0.15, 0.2) is 36.4 Å². The Morgan fingerprint density at radius 3 is 2.43 bits per heavy atom. The van der Waals surface area contributed by atoms with E-state index >= 15 is 0 Å². The van der Waals surface area contributed by atoms with E-state index in [0.717, 1.165) is 5.56 Å². The molecule has 2 aromatic rings. The van der Waals surface area contributed by atoms with E-state index in [1.807, 2.05) is 13.0 Å². The maximum absolute atomic E-state index is 12.1. The van der Waals surface area contributed by atoms with Crippen molar-refractivity contribution in [2.75, 3.05) is 5.32 Å². The molecule has 0 fully saturated rings. The van der Waals surface area contributed by atoms with Gasteiger partial charge in [-0.05, 0) is 36.8 Å². The van der Waals surface area contributed by atoms with Gasteiger partial charge >= 0.3 is 0 Å². The van der Waals surface area contributed by atoms with E-state index in [0.29, 0.717) is 10.7 Å². The zero-order chi connectivity index (χ0) is 15.6. The van der Waals surface area contributed by atoms with Crippen LogP contribution in [0.5, 0.6) is 0 Å². The highest BCUT2D eigenvalue weighted by molar-refractivity contribution is 6.34. The van der Waals surface area contributed by atoms with Crippen molar-refractivity contribution in [3.05, 3.63) is 67.7 Å². The summed E-state index contributed by atoms with van der Waals surface area (Å²) in [6.45, 7) is 1.88. The number of hydrogen-bond acceptors (Lipinski definition) is 3. The van der Waals surface area contributed by atoms with Gasteiger partial charge in [-0.25, -0.2) is 0 Å². The zero-order valence-electron chi connectivity index (χ0n) is 10.9. The normalized spacial score (nSPS) is 10.2. The number of nitro groups is 1. The topological polar surface area (TPSA) is 72.2 Å². The fourth-order valence-corrected chi connectivity index (χ4v) is 2.24. The number of carbonyl (C=O) groups is 1. The van der Waals surface area contributed by atoms with Gasteiger partial charge in [-0.15, -0.1) is 0 Å². The summed E-state index contributed by atoms with van der Waals surface area (Å²) >= 11 is 11.8. The predicted octanol–water partition coefficient (Wildman–Crippen LogP) is 4.46. The molecule has 1 amide bonds. The summed E-state index contributed by atoms with van der Waals surface area (Å²) in [5, 5.41) is 13.6. The Morgan fingerprint density at radius 2 is 1.86 bits per heavy atom. The lowest BCUT2D eigenvalue weighted by Crippen LogP contribution is -2.12. The van der Waals surface area contributed by atoms with E-state index in [1.165, 1.54) is 18.2 Å². The van der Waals surface area contributed by atoms with Crippen molar-refractivity contribution in [1.82, 2.24) is 0 Å². The summed E-state index contributed by atoms with van der Waals surface area (Å²) < 4.78 is 0. The van der Waals surface area contributed by atoms with Crippen LogP contribution in [-0.2, 0) is 0 Å². The van der Waals surface area contributed by atoms with Gasteiger partial charge in [0.05, 0.1) is 15.6 Å². The van der Waals surface area contributed by atoms with Gasteiger partial charge in [-0.1, -0.05) is 29.3 Å². The quantitative estimate of drug-likeness (QED) is 0.669. The van der Waals surface area contributed by atoms with E-state index in [4.69, 9.17) is 23.2 Å². The van der Waals surface area contributed by atoms with Crippen molar-refractivity contribution >= 4 is 40.5 Å². The van der Waals surface area contributed by atoms with Crippen LogP contribution in [0.1, 0.15) is 15.9 Å². The Balaban J connectivity index is 2.24. The summed E-state index contributed by atoms with van der Waals surface area (Å²) in [6, 6.07) is 8.99. The minimum atomic E-state index is -0.610. The Hall–Kier alpha value is -2.11. The zero-order valence-corrected chi connectivity index (χ0v) is 12.4. The van der Waals surface area contributed by atoms with Gasteiger partial charge in [0, 0.05) is 11.6 Å². The van der Waals surface area contributed by atoms with Crippen LogP contribution in [0.25, 0.3) is 0 Å². The lowest BCUT2D eigenvalue weighted by atomic mass is 10.1. The van der Waals surface area contributed by atoms with Gasteiger partial charge in [0.2, 0.25) is 0 Å². The Labute approximate surface area is 130 Å². The predicted molar refractivity (Wildman–Crippen MR) is 82.2 cm³/mol. The third kappa shape index (κ3) is 3.51. The monoisotopic (exact) mass is 324 g/mol. The lowest BCUT2D eigenvalue weighted by Gasteiger charge is -2.08. The number of halogens is 2. The molecule has 7 heteroatoms. The van der Waals surface area contributed by atoms with Gasteiger partial charge in [0.1, 0.15) is 5.02 Å². The van der Waals surface area contributed by atoms with Crippen molar-refractivity contribution in [2.45, 2.75) is 6.92 Å². The molecule has 108 valence electrons. The van der Waals surface area contributed by atoms with E-state index in [-0.39, 0.29) is 16.3 Å². The number of anilines is 1. The average molecular weight is 325 g/mol. The van der Waals surface area contributed by atoms with Crippen molar-refractivity contribution in [1.29, 1.82) is 0 Å². The summed E-state index contributed by atoms with van der Waals surface area (Å²) in [6.07, 6.45) is 0. The van der Waals surface area contributed by atoms with E-state index < -0.39 is 10.8 Å². The molecule has 0 saturated carbocycles. The van der Waals surface area contributed by atoms with Gasteiger partial charge in [0.25, 0.3) is 11.6 Å². The second-order valence-electron chi connectivity index (χ2n) is 4.36. The van der Waals surface area contributed by atoms with Crippen molar-refractivity contribution in [2.24, 2.45) is 0 Å². The molecule has 0 saturated heterocycles. The van der Waals surface area contributed by atoms with Gasteiger partial charge < -0.3 is 5.32 Å². The first-order valence-electron chi connectivity index (χ1n) is 5.90. The molecule has 0 unspecified atom stereocenters. The molecule has 21 heavy (non-hydrogen) atoms. The van der Waals surface area contributed by atoms with Crippen LogP contribution in [-0.4, -0.2) is 10.8 Å². The summed E-state index contributed by atoms with van der Waals surface area (Å²) in [5.74, 6) is -0.447. The molecule has 1 N–H and O–H groups in total. The Morgan fingerprint density at radius 1 is 1.14 bits per heavy atom. The number of nitrogens with zero attached hydrogens (tertiary/aromatic N) is 1. The van der Waals surface area contributed by atoms with Crippen molar-refractivity contribution in [3.63, 3.8) is 0 Å². The fraction of sp³-hybridized carbons (Fsp3) is 0.0714. The molecule has 0 aliphatic heterocycles. The van der Waals surface area contributed by atoms with Crippen LogP contribution in [0.4, 0.5) is 11.4 Å². The molecule has 0 aliphatic carbocycles. The van der Waals surface area contributed by atoms with Crippen molar-refractivity contribution in [3.8, 4) is 0 Å². The maximum atomic E-state index is 12.1. The molecular weight excluding hydrogens is 315 g/mol. The molecular formula is C14H10Cl2N2O3. The summed E-state index contributed by atoms with van der Waals surface area (Å²) in [4.78, 5) is 22.1. The number of carbonyl (C=O) groups excluding carboxylic acids is 1. The lowest BCUT2D eigenvalue weighted by molar-refractivity contribution is -0.384. The molecule has 0 bridgehead atoms. The smallest absolute Gasteiger partial charge is 0.287 e. The number of benzene rings is 2. The highest BCUT2D eigenvalue weighted by atomic mass is 35.5. The molecule has 0 heterocycles. The van der Waals surface area contributed by atoms with E-state index in [2.05, 4.69) is 5.32 Å². The largest absolute Gasteiger partial charge is 0.321 e. The Bertz CT molecular complexity index is 732. The summed E-state index contributed by atoms with van der Waals surface area (Å²) in [5.41, 5.74) is 1.39. The van der Waals surface area contributed by atoms with Gasteiger partial charge in [-0.2, -0.15) is 0 Å². The molecule has 0 aliphatic rings. The summed E-state index contributed by atoms with van der Waals surface area (Å²) in [7, 11) is 0. The minimum Gasteiger partial charge on any atom is -0.321 e. The number of nitrogens with one attached hydrogen (secondary N) is 1. The first-order chi connectivity index (χ1) is 9.88. The van der Waals surface area contributed by atoms with Gasteiger partial charge in [0.15, 0.2) is 0 Å². The van der Waals surface area contributed by atoms with E-state index in [9.17, 15) is 14.9 Å². The molecule has 0 spiro atoms. The highest BCUT2D eigenvalue weighted by Crippen LogP contribution is 2.27. The van der Waals surface area contributed by atoms with Crippen LogP contribution >= 0.6 is 23.2 Å². The van der Waals surface area contributed by atoms with Crippen molar-refractivity contribution < 1.29 is 9.72 Å². The van der Waals surface area contributed by atoms with Crippen LogP contribution < -0.4 is 5.32 Å². The number of rotatable bonds is 3. The molecule has 0 aromatic heterocycles. The first kappa shape index (κ1) is 15.3. The number of aryl methyl sites for hydroxylation is 1. The number of nitro benzene ring substituents is 1. The third-order valence-corrected chi connectivity index (χ3v) is 3.39. The minimum absolute atomic E-state index is 0.0948. The molecule has 2 aromatic carbocycles. The third-order valence-electron chi connectivity index (χ3n) is 2.78. The van der Waals surface area contributed by atoms with Crippen LogP contribution in [0, 0.1) is 17.0 Å². The number of amides is 1. The molecule has 0 radical (unpaired) electrons. The number of hydrogen-bond donors (Lipinski definition) is 1. The molecule has 0 atom stereocenters. The highest BCUT2D eigenvalue weighted by Gasteiger charge is 2.16. The van der Waals surface area contributed by atoms with E-state index in [1.54, 1.807) is 12.1 Å². The molecule has 2 rings (SSSR count). The Kier molecular flexibility index (Phi) is 4.45. The second kappa shape index (κ2) is 6.11. The standard InChI is InChI=1S/C14H10Cl2N2O3/c1-8-2-4-12(10(15)6-8)17-14(19)9-3-5-13(18(20)21)11(16)7-9/h2-7H,1H3,(H,17,19). The average Bonchev–Trinajstić information content (AvgIpc) is 2.41. The van der Waals surface area contributed by atoms with Gasteiger partial charge in [-0.3, -0.25) is 14.9 Å². The van der Waals surface area contributed by atoms with Crippen LogP contribution in [0.2, 0.25) is 10.0 Å². The molecule has 5 nitrogen and oxygen atoms in total.